The van der Waals surface area contributed by atoms with E-state index in [4.69, 9.17) is 5.26 Å². The van der Waals surface area contributed by atoms with Gasteiger partial charge in [-0.2, -0.15) is 9.57 Å². The maximum absolute atomic E-state index is 12.9. The summed E-state index contributed by atoms with van der Waals surface area (Å²) in [7, 11) is -1.70. The van der Waals surface area contributed by atoms with Gasteiger partial charge in [0.25, 0.3) is 0 Å². The second kappa shape index (κ2) is 8.45. The fourth-order valence-corrected chi connectivity index (χ4v) is 4.89. The number of sulfonamides is 1. The SMILES string of the molecule is CCCS(=O)(=O)N1CCCCC1C(=O)N(C)Cc1ccc(C#N)cc1. The fourth-order valence-electron chi connectivity index (χ4n) is 3.15. The molecule has 1 saturated heterocycles. The van der Waals surface area contributed by atoms with Crippen molar-refractivity contribution < 1.29 is 13.2 Å². The van der Waals surface area contributed by atoms with Gasteiger partial charge in [-0.25, -0.2) is 8.42 Å². The lowest BCUT2D eigenvalue weighted by molar-refractivity contribution is -0.135. The first-order chi connectivity index (χ1) is 11.9. The quantitative estimate of drug-likeness (QED) is 0.775. The van der Waals surface area contributed by atoms with Gasteiger partial charge in [0.1, 0.15) is 6.04 Å². The Bertz CT molecular complexity index is 738. The molecule has 1 aromatic carbocycles. The molecule has 0 aromatic heterocycles. The van der Waals surface area contributed by atoms with Crippen molar-refractivity contribution in [2.75, 3.05) is 19.3 Å². The molecule has 0 radical (unpaired) electrons. The van der Waals surface area contributed by atoms with Gasteiger partial charge in [0.05, 0.1) is 17.4 Å². The summed E-state index contributed by atoms with van der Waals surface area (Å²) in [5, 5.41) is 8.84. The van der Waals surface area contributed by atoms with E-state index >= 15 is 0 Å². The molecule has 136 valence electrons. The number of piperidine rings is 1. The number of benzene rings is 1. The Morgan fingerprint density at radius 1 is 1.32 bits per heavy atom. The molecule has 0 N–H and O–H groups in total. The van der Waals surface area contributed by atoms with Crippen molar-refractivity contribution in [1.82, 2.24) is 9.21 Å². The minimum Gasteiger partial charge on any atom is -0.340 e. The van der Waals surface area contributed by atoms with E-state index in [2.05, 4.69) is 6.07 Å². The molecule has 1 aliphatic rings. The van der Waals surface area contributed by atoms with E-state index in [1.165, 1.54) is 4.31 Å². The lowest BCUT2D eigenvalue weighted by atomic mass is 10.0. The van der Waals surface area contributed by atoms with Crippen LogP contribution in [0.2, 0.25) is 0 Å². The van der Waals surface area contributed by atoms with Crippen molar-refractivity contribution >= 4 is 15.9 Å². The molecule has 2 rings (SSSR count). The van der Waals surface area contributed by atoms with Gasteiger partial charge in [-0.15, -0.1) is 0 Å². The average Bonchev–Trinajstić information content (AvgIpc) is 2.61. The normalized spacial score (nSPS) is 18.5. The minimum absolute atomic E-state index is 0.0795. The predicted octanol–water partition coefficient (Wildman–Crippen LogP) is 2.11. The number of amides is 1. The molecule has 0 bridgehead atoms. The minimum atomic E-state index is -3.39. The van der Waals surface area contributed by atoms with Crippen molar-refractivity contribution in [3.05, 3.63) is 35.4 Å². The number of likely N-dealkylation sites (N-methyl/N-ethyl adjacent to an activating group) is 1. The number of hydrogen-bond acceptors (Lipinski definition) is 4. The molecule has 25 heavy (non-hydrogen) atoms. The molecule has 1 heterocycles. The van der Waals surface area contributed by atoms with Crippen LogP contribution < -0.4 is 0 Å². The van der Waals surface area contributed by atoms with Crippen molar-refractivity contribution in [1.29, 1.82) is 5.26 Å². The van der Waals surface area contributed by atoms with Crippen LogP contribution in [0.3, 0.4) is 0 Å². The number of rotatable bonds is 6. The summed E-state index contributed by atoms with van der Waals surface area (Å²) in [5.41, 5.74) is 1.48. The lowest BCUT2D eigenvalue weighted by Crippen LogP contribution is -2.52. The van der Waals surface area contributed by atoms with E-state index in [-0.39, 0.29) is 11.7 Å². The third-order valence-electron chi connectivity index (χ3n) is 4.44. The molecule has 0 spiro atoms. The molecular weight excluding hydrogens is 338 g/mol. The Balaban J connectivity index is 2.11. The van der Waals surface area contributed by atoms with E-state index in [0.29, 0.717) is 31.5 Å². The van der Waals surface area contributed by atoms with E-state index in [1.54, 1.807) is 24.1 Å². The Morgan fingerprint density at radius 2 is 2.00 bits per heavy atom. The van der Waals surface area contributed by atoms with Crippen LogP contribution in [0.1, 0.15) is 43.7 Å². The first-order valence-electron chi connectivity index (χ1n) is 8.62. The Hall–Kier alpha value is -1.91. The number of carbonyl (C=O) groups excluding carboxylic acids is 1. The Kier molecular flexibility index (Phi) is 6.57. The molecule has 1 unspecified atom stereocenters. The highest BCUT2D eigenvalue weighted by Gasteiger charge is 2.37. The molecule has 1 aromatic rings. The zero-order valence-electron chi connectivity index (χ0n) is 14.8. The van der Waals surface area contributed by atoms with Crippen molar-refractivity contribution in [3.63, 3.8) is 0 Å². The summed E-state index contributed by atoms with van der Waals surface area (Å²) < 4.78 is 26.4. The third kappa shape index (κ3) is 4.80. The van der Waals surface area contributed by atoms with Gasteiger partial charge in [0, 0.05) is 20.1 Å². The average molecular weight is 363 g/mol. The molecule has 1 amide bonds. The summed E-state index contributed by atoms with van der Waals surface area (Å²) in [6.45, 7) is 2.64. The third-order valence-corrected chi connectivity index (χ3v) is 6.51. The van der Waals surface area contributed by atoms with Gasteiger partial charge in [-0.3, -0.25) is 4.79 Å². The zero-order valence-corrected chi connectivity index (χ0v) is 15.6. The topological polar surface area (TPSA) is 81.5 Å². The van der Waals surface area contributed by atoms with Crippen LogP contribution in [0.4, 0.5) is 0 Å². The second-order valence-electron chi connectivity index (χ2n) is 6.44. The molecule has 1 atom stereocenters. The molecule has 6 nitrogen and oxygen atoms in total. The first-order valence-corrected chi connectivity index (χ1v) is 10.2. The molecule has 7 heteroatoms. The summed E-state index contributed by atoms with van der Waals surface area (Å²) in [4.78, 5) is 14.4. The van der Waals surface area contributed by atoms with E-state index in [0.717, 1.165) is 18.4 Å². The van der Waals surface area contributed by atoms with E-state index < -0.39 is 16.1 Å². The standard InChI is InChI=1S/C18H25N3O3S/c1-3-12-25(23,24)21-11-5-4-6-17(21)18(22)20(2)14-16-9-7-15(13-19)8-10-16/h7-10,17H,3-6,11-12,14H2,1-2H3. The zero-order chi connectivity index (χ0) is 18.4. The fraction of sp³-hybridized carbons (Fsp3) is 0.556. The summed E-state index contributed by atoms with van der Waals surface area (Å²) in [6.07, 6.45) is 2.77. The van der Waals surface area contributed by atoms with Crippen molar-refractivity contribution in [2.45, 2.75) is 45.2 Å². The van der Waals surface area contributed by atoms with Crippen LogP contribution in [0, 0.1) is 11.3 Å². The maximum atomic E-state index is 12.9. The highest BCUT2D eigenvalue weighted by Crippen LogP contribution is 2.23. The lowest BCUT2D eigenvalue weighted by Gasteiger charge is -2.35. The summed E-state index contributed by atoms with van der Waals surface area (Å²) in [5.74, 6) is -0.0837. The van der Waals surface area contributed by atoms with Crippen molar-refractivity contribution in [3.8, 4) is 6.07 Å². The Morgan fingerprint density at radius 3 is 2.60 bits per heavy atom. The molecule has 0 aliphatic carbocycles. The van der Waals surface area contributed by atoms with Gasteiger partial charge in [0.2, 0.25) is 15.9 Å². The van der Waals surface area contributed by atoms with E-state index in [1.807, 2.05) is 19.1 Å². The molecule has 1 aliphatic heterocycles. The predicted molar refractivity (Wildman–Crippen MR) is 96.1 cm³/mol. The van der Waals surface area contributed by atoms with E-state index in [9.17, 15) is 13.2 Å². The van der Waals surface area contributed by atoms with Crippen LogP contribution in [-0.4, -0.2) is 48.9 Å². The van der Waals surface area contributed by atoms with Gasteiger partial charge >= 0.3 is 0 Å². The van der Waals surface area contributed by atoms with Crippen LogP contribution in [0.15, 0.2) is 24.3 Å². The smallest absolute Gasteiger partial charge is 0.241 e. The van der Waals surface area contributed by atoms with Crippen LogP contribution in [0.5, 0.6) is 0 Å². The molecule has 1 fully saturated rings. The van der Waals surface area contributed by atoms with Crippen molar-refractivity contribution in [2.24, 2.45) is 0 Å². The second-order valence-corrected chi connectivity index (χ2v) is 8.48. The molecule has 0 saturated carbocycles. The number of carbonyl (C=O) groups is 1. The summed E-state index contributed by atoms with van der Waals surface area (Å²) >= 11 is 0. The first kappa shape index (κ1) is 19.4. The number of nitrogens with zero attached hydrogens (tertiary/aromatic N) is 3. The number of nitriles is 1. The van der Waals surface area contributed by atoms with Gasteiger partial charge in [-0.05, 0) is 37.0 Å². The van der Waals surface area contributed by atoms with Gasteiger partial charge < -0.3 is 4.90 Å². The molecular formula is C18H25N3O3S. The van der Waals surface area contributed by atoms with Gasteiger partial charge in [-0.1, -0.05) is 25.5 Å². The maximum Gasteiger partial charge on any atom is 0.241 e. The highest BCUT2D eigenvalue weighted by molar-refractivity contribution is 7.89. The summed E-state index contributed by atoms with van der Waals surface area (Å²) in [6, 6.07) is 8.52. The van der Waals surface area contributed by atoms with Crippen LogP contribution in [-0.2, 0) is 21.4 Å². The van der Waals surface area contributed by atoms with Crippen LogP contribution >= 0.6 is 0 Å². The van der Waals surface area contributed by atoms with Crippen LogP contribution in [0.25, 0.3) is 0 Å². The monoisotopic (exact) mass is 363 g/mol. The largest absolute Gasteiger partial charge is 0.340 e. The highest BCUT2D eigenvalue weighted by atomic mass is 32.2. The van der Waals surface area contributed by atoms with Gasteiger partial charge in [0.15, 0.2) is 0 Å². The Labute approximate surface area is 150 Å². The number of hydrogen-bond donors (Lipinski definition) is 0.